The summed E-state index contributed by atoms with van der Waals surface area (Å²) in [4.78, 5) is 12.8. The number of rotatable bonds is 2. The lowest BCUT2D eigenvalue weighted by Crippen LogP contribution is -2.31. The second kappa shape index (κ2) is 4.97. The highest BCUT2D eigenvalue weighted by atomic mass is 16.1. The Labute approximate surface area is 133 Å². The Morgan fingerprint density at radius 2 is 2.17 bits per heavy atom. The summed E-state index contributed by atoms with van der Waals surface area (Å²) in [5, 5.41) is 11.9. The van der Waals surface area contributed by atoms with Crippen molar-refractivity contribution >= 4 is 11.6 Å². The van der Waals surface area contributed by atoms with Gasteiger partial charge in [-0.3, -0.25) is 9.48 Å². The predicted octanol–water partition coefficient (Wildman–Crippen LogP) is 1.52. The molecule has 4 rings (SSSR count). The number of imidazole rings is 1. The summed E-state index contributed by atoms with van der Waals surface area (Å²) in [6.45, 7) is 2.01. The Hall–Kier alpha value is -2.57. The topological polar surface area (TPSA) is 69.2 Å². The Kier molecular flexibility index (Phi) is 3.04. The first-order valence-electron chi connectivity index (χ1n) is 7.88. The molecule has 0 saturated heterocycles. The Bertz CT molecular complexity index is 899. The molecule has 23 heavy (non-hydrogen) atoms. The molecule has 120 valence electrons. The first kappa shape index (κ1) is 14.0. The maximum Gasteiger partial charge on any atom is 0.257 e. The first-order chi connectivity index (χ1) is 11.1. The molecule has 1 aliphatic rings. The standard InChI is InChI=1S/C16H20N6O/c1-10-14-12(5-4-6-13(14)21(3)19-10)18-15(23)11-9-17-22-8-7-20(2)16(11)22/h7-9,12H,4-6H2,1-3H3,(H,18,23). The van der Waals surface area contributed by atoms with E-state index in [4.69, 9.17) is 0 Å². The second-order valence-electron chi connectivity index (χ2n) is 6.22. The van der Waals surface area contributed by atoms with Gasteiger partial charge in [-0.2, -0.15) is 10.2 Å². The molecule has 0 aromatic carbocycles. The molecule has 7 nitrogen and oxygen atoms in total. The van der Waals surface area contributed by atoms with Crippen LogP contribution < -0.4 is 5.32 Å². The summed E-state index contributed by atoms with van der Waals surface area (Å²) in [6, 6.07) is 0.0233. The van der Waals surface area contributed by atoms with Crippen molar-refractivity contribution < 1.29 is 4.79 Å². The van der Waals surface area contributed by atoms with E-state index >= 15 is 0 Å². The van der Waals surface area contributed by atoms with Crippen LogP contribution in [0.25, 0.3) is 5.65 Å². The summed E-state index contributed by atoms with van der Waals surface area (Å²) >= 11 is 0. The highest BCUT2D eigenvalue weighted by molar-refractivity contribution is 6.00. The Balaban J connectivity index is 1.67. The number of carbonyl (C=O) groups excluding carboxylic acids is 1. The van der Waals surface area contributed by atoms with Crippen LogP contribution in [0, 0.1) is 6.92 Å². The van der Waals surface area contributed by atoms with E-state index in [2.05, 4.69) is 15.5 Å². The van der Waals surface area contributed by atoms with Gasteiger partial charge in [0.05, 0.1) is 17.9 Å². The van der Waals surface area contributed by atoms with Gasteiger partial charge in [-0.15, -0.1) is 0 Å². The predicted molar refractivity (Wildman–Crippen MR) is 85.3 cm³/mol. The number of fused-ring (bicyclic) bond motifs is 2. The smallest absolute Gasteiger partial charge is 0.257 e. The van der Waals surface area contributed by atoms with Crippen LogP contribution in [0.2, 0.25) is 0 Å². The van der Waals surface area contributed by atoms with Crippen LogP contribution in [-0.2, 0) is 20.5 Å². The molecule has 7 heteroatoms. The highest BCUT2D eigenvalue weighted by Gasteiger charge is 2.28. The van der Waals surface area contributed by atoms with Crippen LogP contribution in [0.5, 0.6) is 0 Å². The number of hydrogen-bond acceptors (Lipinski definition) is 3. The largest absolute Gasteiger partial charge is 0.345 e. The molecule has 0 fully saturated rings. The van der Waals surface area contributed by atoms with Crippen molar-refractivity contribution in [1.29, 1.82) is 0 Å². The van der Waals surface area contributed by atoms with Crippen LogP contribution >= 0.6 is 0 Å². The quantitative estimate of drug-likeness (QED) is 0.780. The molecule has 1 aliphatic carbocycles. The molecule has 0 bridgehead atoms. The zero-order valence-corrected chi connectivity index (χ0v) is 13.6. The molecule has 0 saturated carbocycles. The van der Waals surface area contributed by atoms with E-state index in [9.17, 15) is 4.79 Å². The summed E-state index contributed by atoms with van der Waals surface area (Å²) in [5.41, 5.74) is 4.83. The van der Waals surface area contributed by atoms with E-state index in [-0.39, 0.29) is 11.9 Å². The SMILES string of the molecule is Cc1nn(C)c2c1C(NC(=O)c1cnn3ccn(C)c13)CCC2. The van der Waals surface area contributed by atoms with Gasteiger partial charge in [0.15, 0.2) is 0 Å². The molecule has 0 spiro atoms. The van der Waals surface area contributed by atoms with Gasteiger partial charge in [-0.25, -0.2) is 4.52 Å². The lowest BCUT2D eigenvalue weighted by Gasteiger charge is -2.24. The summed E-state index contributed by atoms with van der Waals surface area (Å²) < 4.78 is 5.57. The number of aryl methyl sites for hydroxylation is 3. The molecule has 3 heterocycles. The monoisotopic (exact) mass is 312 g/mol. The average molecular weight is 312 g/mol. The van der Waals surface area contributed by atoms with Gasteiger partial charge in [0.1, 0.15) is 11.2 Å². The fourth-order valence-electron chi connectivity index (χ4n) is 3.68. The van der Waals surface area contributed by atoms with Crippen molar-refractivity contribution in [3.8, 4) is 0 Å². The molecule has 1 unspecified atom stereocenters. The van der Waals surface area contributed by atoms with Crippen LogP contribution in [0.3, 0.4) is 0 Å². The maximum atomic E-state index is 12.8. The van der Waals surface area contributed by atoms with Crippen molar-refractivity contribution in [2.24, 2.45) is 14.1 Å². The third kappa shape index (κ3) is 2.07. The number of aromatic nitrogens is 5. The van der Waals surface area contributed by atoms with Crippen molar-refractivity contribution in [3.63, 3.8) is 0 Å². The van der Waals surface area contributed by atoms with E-state index in [0.29, 0.717) is 5.56 Å². The van der Waals surface area contributed by atoms with E-state index in [1.54, 1.807) is 10.7 Å². The number of nitrogens with zero attached hydrogens (tertiary/aromatic N) is 5. The minimum atomic E-state index is -0.0806. The minimum Gasteiger partial charge on any atom is -0.345 e. The van der Waals surface area contributed by atoms with E-state index < -0.39 is 0 Å². The molecule has 1 amide bonds. The number of nitrogens with one attached hydrogen (secondary N) is 1. The fraction of sp³-hybridized carbons (Fsp3) is 0.438. The minimum absolute atomic E-state index is 0.0233. The number of amides is 1. The second-order valence-corrected chi connectivity index (χ2v) is 6.22. The van der Waals surface area contributed by atoms with Gasteiger partial charge >= 0.3 is 0 Å². The van der Waals surface area contributed by atoms with E-state index in [1.165, 1.54) is 11.3 Å². The summed E-state index contributed by atoms with van der Waals surface area (Å²) in [6.07, 6.45) is 8.39. The van der Waals surface area contributed by atoms with Crippen molar-refractivity contribution in [2.45, 2.75) is 32.2 Å². The fourth-order valence-corrected chi connectivity index (χ4v) is 3.68. The lowest BCUT2D eigenvalue weighted by atomic mass is 9.91. The van der Waals surface area contributed by atoms with Crippen LogP contribution in [0.4, 0.5) is 0 Å². The van der Waals surface area contributed by atoms with E-state index in [1.807, 2.05) is 42.7 Å². The van der Waals surface area contributed by atoms with E-state index in [0.717, 1.165) is 30.6 Å². The van der Waals surface area contributed by atoms with Crippen molar-refractivity contribution in [1.82, 2.24) is 29.3 Å². The van der Waals surface area contributed by atoms with Crippen LogP contribution in [-0.4, -0.2) is 29.9 Å². The number of carbonyl (C=O) groups is 1. The Morgan fingerprint density at radius 1 is 1.35 bits per heavy atom. The highest BCUT2D eigenvalue weighted by Crippen LogP contribution is 2.32. The molecule has 1 atom stereocenters. The molecular weight excluding hydrogens is 292 g/mol. The number of hydrogen-bond donors (Lipinski definition) is 1. The summed E-state index contributed by atoms with van der Waals surface area (Å²) in [5.74, 6) is -0.0806. The summed E-state index contributed by atoms with van der Waals surface area (Å²) in [7, 11) is 3.89. The van der Waals surface area contributed by atoms with Gasteiger partial charge in [0.25, 0.3) is 5.91 Å². The molecule has 0 radical (unpaired) electrons. The van der Waals surface area contributed by atoms with Crippen LogP contribution in [0.15, 0.2) is 18.6 Å². The van der Waals surface area contributed by atoms with Gasteiger partial charge in [-0.05, 0) is 26.2 Å². The van der Waals surface area contributed by atoms with Gasteiger partial charge < -0.3 is 9.88 Å². The average Bonchev–Trinajstić information content (AvgIpc) is 3.17. The molecule has 3 aromatic rings. The van der Waals surface area contributed by atoms with Gasteiger partial charge in [-0.1, -0.05) is 0 Å². The third-order valence-corrected chi connectivity index (χ3v) is 4.73. The van der Waals surface area contributed by atoms with Gasteiger partial charge in [0, 0.05) is 37.7 Å². The van der Waals surface area contributed by atoms with Crippen molar-refractivity contribution in [3.05, 3.63) is 41.1 Å². The normalized spacial score (nSPS) is 17.4. The zero-order chi connectivity index (χ0) is 16.1. The molecular formula is C16H20N6O. The molecule has 1 N–H and O–H groups in total. The molecule has 3 aromatic heterocycles. The Morgan fingerprint density at radius 3 is 3.00 bits per heavy atom. The molecule has 0 aliphatic heterocycles. The zero-order valence-electron chi connectivity index (χ0n) is 13.6. The third-order valence-electron chi connectivity index (χ3n) is 4.73. The lowest BCUT2D eigenvalue weighted by molar-refractivity contribution is 0.0934. The first-order valence-corrected chi connectivity index (χ1v) is 7.88. The van der Waals surface area contributed by atoms with Crippen LogP contribution in [0.1, 0.15) is 46.2 Å². The van der Waals surface area contributed by atoms with Gasteiger partial charge in [0.2, 0.25) is 0 Å². The maximum absolute atomic E-state index is 12.8. The van der Waals surface area contributed by atoms with Crippen molar-refractivity contribution in [2.75, 3.05) is 0 Å².